The molecule has 2 heterocycles. The molecule has 0 spiro atoms. The first-order valence-electron chi connectivity index (χ1n) is 12.5. The molecule has 1 aromatic heterocycles. The van der Waals surface area contributed by atoms with Gasteiger partial charge in [0.1, 0.15) is 5.82 Å². The van der Waals surface area contributed by atoms with E-state index in [0.717, 1.165) is 13.1 Å². The lowest BCUT2D eigenvalue weighted by Gasteiger charge is -2.34. The summed E-state index contributed by atoms with van der Waals surface area (Å²) in [6.07, 6.45) is 1.74. The molecule has 206 valence electrons. The van der Waals surface area contributed by atoms with Crippen LogP contribution in [0.2, 0.25) is 10.0 Å². The van der Waals surface area contributed by atoms with Gasteiger partial charge in [-0.15, -0.1) is 0 Å². The molecule has 1 fully saturated rings. The largest absolute Gasteiger partial charge is 0.475 e. The quantitative estimate of drug-likeness (QED) is 0.374. The molecule has 2 aromatic carbocycles. The van der Waals surface area contributed by atoms with E-state index in [9.17, 15) is 14.0 Å². The van der Waals surface area contributed by atoms with Crippen LogP contribution in [0.15, 0.2) is 42.6 Å². The molecule has 12 heteroatoms. The fourth-order valence-corrected chi connectivity index (χ4v) is 4.77. The number of carbonyl (C=O) groups excluding carboxylic acids is 2. The number of rotatable bonds is 9. The van der Waals surface area contributed by atoms with Gasteiger partial charge < -0.3 is 20.7 Å². The molecular weight excluding hydrogens is 546 g/mol. The summed E-state index contributed by atoms with van der Waals surface area (Å²) in [5.41, 5.74) is 7.99. The van der Waals surface area contributed by atoms with Crippen molar-refractivity contribution in [3.63, 3.8) is 0 Å². The summed E-state index contributed by atoms with van der Waals surface area (Å²) in [6, 6.07) is 9.65. The average molecular weight is 575 g/mol. The number of hydrogen-bond acceptors (Lipinski definition) is 7. The molecule has 9 nitrogen and oxygen atoms in total. The number of nitrogens with zero attached hydrogens (tertiary/aromatic N) is 4. The van der Waals surface area contributed by atoms with Crippen molar-refractivity contribution in [3.05, 3.63) is 69.6 Å². The highest BCUT2D eigenvalue weighted by atomic mass is 35.5. The number of anilines is 1. The fourth-order valence-electron chi connectivity index (χ4n) is 4.21. The zero-order valence-corrected chi connectivity index (χ0v) is 22.9. The minimum Gasteiger partial charge on any atom is -0.475 e. The summed E-state index contributed by atoms with van der Waals surface area (Å²) in [7, 11) is 0. The van der Waals surface area contributed by atoms with Crippen LogP contribution >= 0.6 is 23.2 Å². The molecule has 4 rings (SSSR count). The Hall–Kier alpha value is -3.47. The molecule has 0 atom stereocenters. The van der Waals surface area contributed by atoms with Crippen LogP contribution in [-0.2, 0) is 11.2 Å². The van der Waals surface area contributed by atoms with Crippen LogP contribution in [0.4, 0.5) is 10.2 Å². The number of nitrogens with two attached hydrogens (primary N) is 1. The zero-order chi connectivity index (χ0) is 27.9. The number of benzene rings is 2. The van der Waals surface area contributed by atoms with Crippen molar-refractivity contribution < 1.29 is 18.7 Å². The third-order valence-corrected chi connectivity index (χ3v) is 7.21. The Bertz CT molecular complexity index is 1350. The first kappa shape index (κ1) is 28.5. The summed E-state index contributed by atoms with van der Waals surface area (Å²) in [4.78, 5) is 36.9. The maximum absolute atomic E-state index is 13.8. The highest BCUT2D eigenvalue weighted by Crippen LogP contribution is 2.28. The highest BCUT2D eigenvalue weighted by molar-refractivity contribution is 6.36. The molecule has 39 heavy (non-hydrogen) atoms. The Balaban J connectivity index is 1.34. The minimum absolute atomic E-state index is 0.0513. The number of ether oxygens (including phenoxy) is 1. The van der Waals surface area contributed by atoms with E-state index in [1.807, 2.05) is 11.0 Å². The monoisotopic (exact) mass is 574 g/mol. The van der Waals surface area contributed by atoms with Crippen LogP contribution in [0.1, 0.15) is 22.8 Å². The van der Waals surface area contributed by atoms with E-state index in [-0.39, 0.29) is 41.6 Å². The third kappa shape index (κ3) is 7.35. The summed E-state index contributed by atoms with van der Waals surface area (Å²) >= 11 is 12.2. The Morgan fingerprint density at radius 2 is 1.92 bits per heavy atom. The van der Waals surface area contributed by atoms with E-state index < -0.39 is 5.82 Å². The molecule has 0 unspecified atom stereocenters. The van der Waals surface area contributed by atoms with Gasteiger partial charge in [-0.3, -0.25) is 14.5 Å². The van der Waals surface area contributed by atoms with E-state index in [1.54, 1.807) is 25.1 Å². The zero-order valence-electron chi connectivity index (χ0n) is 21.4. The Labute approximate surface area is 236 Å². The molecule has 0 aliphatic carbocycles. The van der Waals surface area contributed by atoms with Gasteiger partial charge in [0.05, 0.1) is 23.5 Å². The first-order chi connectivity index (χ1) is 18.7. The number of nitrogen functional groups attached to an aromatic ring is 1. The van der Waals surface area contributed by atoms with Crippen LogP contribution in [0.25, 0.3) is 11.3 Å². The lowest BCUT2D eigenvalue weighted by Crippen LogP contribution is -2.49. The molecule has 0 bridgehead atoms. The number of aromatic nitrogens is 2. The molecule has 1 saturated heterocycles. The van der Waals surface area contributed by atoms with Gasteiger partial charge in [-0.1, -0.05) is 35.3 Å². The van der Waals surface area contributed by atoms with Crippen molar-refractivity contribution >= 4 is 40.8 Å². The van der Waals surface area contributed by atoms with Crippen molar-refractivity contribution in [3.8, 4) is 17.1 Å². The van der Waals surface area contributed by atoms with E-state index in [0.29, 0.717) is 53.6 Å². The Morgan fingerprint density at radius 1 is 1.15 bits per heavy atom. The normalized spacial score (nSPS) is 13.8. The Morgan fingerprint density at radius 3 is 2.67 bits per heavy atom. The lowest BCUT2D eigenvalue weighted by molar-refractivity contribution is -0.130. The van der Waals surface area contributed by atoms with Crippen LogP contribution in [0.3, 0.4) is 0 Å². The van der Waals surface area contributed by atoms with E-state index >= 15 is 0 Å². The second-order valence-corrected chi connectivity index (χ2v) is 9.84. The number of hydrogen-bond donors (Lipinski definition) is 2. The summed E-state index contributed by atoms with van der Waals surface area (Å²) in [5.74, 6) is -0.480. The van der Waals surface area contributed by atoms with Gasteiger partial charge in [-0.05, 0) is 29.8 Å². The summed E-state index contributed by atoms with van der Waals surface area (Å²) in [5, 5.41) is 3.23. The van der Waals surface area contributed by atoms with Crippen LogP contribution in [0.5, 0.6) is 5.88 Å². The van der Waals surface area contributed by atoms with Crippen molar-refractivity contribution in [2.45, 2.75) is 13.3 Å². The number of halogens is 3. The highest BCUT2D eigenvalue weighted by Gasteiger charge is 2.18. The molecule has 0 saturated carbocycles. The van der Waals surface area contributed by atoms with E-state index in [4.69, 9.17) is 33.7 Å². The van der Waals surface area contributed by atoms with Gasteiger partial charge in [-0.25, -0.2) is 14.4 Å². The second kappa shape index (κ2) is 13.1. The number of piperazine rings is 1. The van der Waals surface area contributed by atoms with Gasteiger partial charge in [-0.2, -0.15) is 0 Å². The lowest BCUT2D eigenvalue weighted by atomic mass is 10.1. The van der Waals surface area contributed by atoms with Gasteiger partial charge in [0.15, 0.2) is 5.82 Å². The molecule has 3 aromatic rings. The molecule has 0 radical (unpaired) electrons. The van der Waals surface area contributed by atoms with Crippen LogP contribution < -0.4 is 15.8 Å². The molecular formula is C27H29Cl2FN6O3. The molecule has 2 amide bonds. The third-order valence-electron chi connectivity index (χ3n) is 6.45. The smallest absolute Gasteiger partial charge is 0.257 e. The average Bonchev–Trinajstić information content (AvgIpc) is 2.94. The molecule has 3 N–H and O–H groups in total. The summed E-state index contributed by atoms with van der Waals surface area (Å²) < 4.78 is 19.5. The number of carbonyl (C=O) groups is 2. The molecule has 1 aliphatic rings. The van der Waals surface area contributed by atoms with Crippen LogP contribution in [-0.4, -0.2) is 77.5 Å². The van der Waals surface area contributed by atoms with E-state index in [1.165, 1.54) is 18.3 Å². The maximum Gasteiger partial charge on any atom is 0.257 e. The number of nitrogens with one attached hydrogen (secondary N) is 1. The first-order valence-corrected chi connectivity index (χ1v) is 13.2. The van der Waals surface area contributed by atoms with Crippen LogP contribution in [0, 0.1) is 5.82 Å². The summed E-state index contributed by atoms with van der Waals surface area (Å²) in [6.45, 7) is 5.83. The molecule has 1 aliphatic heterocycles. The van der Waals surface area contributed by atoms with Crippen molar-refractivity contribution in [1.82, 2.24) is 25.1 Å². The maximum atomic E-state index is 13.8. The van der Waals surface area contributed by atoms with Gasteiger partial charge in [0.25, 0.3) is 11.8 Å². The fraction of sp³-hybridized carbons (Fsp3) is 0.333. The van der Waals surface area contributed by atoms with E-state index in [2.05, 4.69) is 20.2 Å². The predicted octanol–water partition coefficient (Wildman–Crippen LogP) is 3.69. The van der Waals surface area contributed by atoms with Crippen molar-refractivity contribution in [2.24, 2.45) is 0 Å². The topological polar surface area (TPSA) is 114 Å². The number of amides is 2. The second-order valence-electron chi connectivity index (χ2n) is 9.05. The predicted molar refractivity (Wildman–Crippen MR) is 149 cm³/mol. The Kier molecular flexibility index (Phi) is 9.55. The van der Waals surface area contributed by atoms with Crippen molar-refractivity contribution in [1.29, 1.82) is 0 Å². The minimum atomic E-state index is -0.561. The van der Waals surface area contributed by atoms with Gasteiger partial charge in [0.2, 0.25) is 5.91 Å². The standard InChI is InChI=1S/C27H29Cl2FN6O3/c1-17(37)36-12-10-35(11-13-36)9-8-32-26(38)19-4-2-3-18(15-19)23-16-33-25(31)27(34-23)39-14-7-20-21(28)5-6-22(30)24(20)29/h2-6,15-16H,7-14H2,1H3,(H2,31,33)(H,32,38). The van der Waals surface area contributed by atoms with Crippen molar-refractivity contribution in [2.75, 3.05) is 51.6 Å². The SMILES string of the molecule is CC(=O)N1CCN(CCNC(=O)c2cccc(-c3cnc(N)c(OCCc4c(Cl)ccc(F)c4Cl)n3)c2)CC1. The van der Waals surface area contributed by atoms with Gasteiger partial charge in [0, 0.05) is 68.8 Å². The van der Waals surface area contributed by atoms with Gasteiger partial charge >= 0.3 is 0 Å².